The van der Waals surface area contributed by atoms with Gasteiger partial charge in [0.05, 0.1) is 18.8 Å². The molecule has 5 N–H and O–H groups in total. The SMILES string of the molecule is CCCCCCCCCCCCCC/C=C\CCCCCCCCCCC(O)C(=O)NC(CO)C(O)C(O)CCC/C=C/CCCCCCCCCCCCCC. The van der Waals surface area contributed by atoms with Gasteiger partial charge in [0.2, 0.25) is 5.91 Å². The number of amides is 1. The molecule has 0 aromatic carbocycles. The van der Waals surface area contributed by atoms with Crippen LogP contribution in [0.15, 0.2) is 24.3 Å². The zero-order valence-electron chi connectivity index (χ0n) is 38.1. The first-order chi connectivity index (χ1) is 28.0. The standard InChI is InChI=1S/C51H99NO5/c1-3-5-7-9-11-13-15-17-19-21-22-23-24-25-26-27-29-31-33-35-37-39-41-43-45-49(55)51(57)52-47(46-53)50(56)48(54)44-42-40-38-36-34-32-30-28-20-18-16-14-12-10-8-6-4-2/h25-26,36,38,47-50,53-56H,3-24,27-35,37,39-46H2,1-2H3,(H,52,57)/b26-25-,38-36+. The third kappa shape index (κ3) is 40.0. The van der Waals surface area contributed by atoms with Crippen molar-refractivity contribution in [2.45, 2.75) is 289 Å². The number of unbranched alkanes of at least 4 members (excludes halogenated alkanes) is 33. The molecule has 0 saturated carbocycles. The highest BCUT2D eigenvalue weighted by Gasteiger charge is 2.28. The lowest BCUT2D eigenvalue weighted by Crippen LogP contribution is -2.53. The van der Waals surface area contributed by atoms with Gasteiger partial charge in [-0.25, -0.2) is 0 Å². The minimum absolute atomic E-state index is 0.361. The molecule has 4 atom stereocenters. The quantitative estimate of drug-likeness (QED) is 0.0311. The van der Waals surface area contributed by atoms with Gasteiger partial charge in [-0.05, 0) is 64.2 Å². The van der Waals surface area contributed by atoms with Gasteiger partial charge in [-0.1, -0.05) is 224 Å². The molecule has 0 aromatic rings. The number of rotatable bonds is 46. The Morgan fingerprint density at radius 1 is 0.421 bits per heavy atom. The highest BCUT2D eigenvalue weighted by Crippen LogP contribution is 2.16. The number of carbonyl (C=O) groups excluding carboxylic acids is 1. The van der Waals surface area contributed by atoms with Crippen LogP contribution in [0.25, 0.3) is 0 Å². The molecule has 0 aliphatic rings. The Morgan fingerprint density at radius 2 is 0.719 bits per heavy atom. The summed E-state index contributed by atoms with van der Waals surface area (Å²) in [7, 11) is 0. The summed E-state index contributed by atoms with van der Waals surface area (Å²) in [5.41, 5.74) is 0. The fourth-order valence-electron chi connectivity index (χ4n) is 7.87. The Balaban J connectivity index is 3.70. The maximum absolute atomic E-state index is 12.5. The van der Waals surface area contributed by atoms with Crippen LogP contribution in [-0.4, -0.2) is 57.3 Å². The van der Waals surface area contributed by atoms with Crippen LogP contribution >= 0.6 is 0 Å². The van der Waals surface area contributed by atoms with Crippen molar-refractivity contribution in [1.29, 1.82) is 0 Å². The summed E-state index contributed by atoms with van der Waals surface area (Å²) in [6.45, 7) is 4.06. The fraction of sp³-hybridized carbons (Fsp3) is 0.902. The lowest BCUT2D eigenvalue weighted by Gasteiger charge is -2.27. The lowest BCUT2D eigenvalue weighted by atomic mass is 10.00. The van der Waals surface area contributed by atoms with Crippen molar-refractivity contribution in [2.75, 3.05) is 6.61 Å². The van der Waals surface area contributed by atoms with E-state index in [1.165, 1.54) is 199 Å². The minimum Gasteiger partial charge on any atom is -0.394 e. The Bertz CT molecular complexity index is 863. The second kappa shape index (κ2) is 45.9. The van der Waals surface area contributed by atoms with E-state index in [0.29, 0.717) is 12.8 Å². The van der Waals surface area contributed by atoms with Crippen molar-refractivity contribution in [3.8, 4) is 0 Å². The topological polar surface area (TPSA) is 110 Å². The van der Waals surface area contributed by atoms with Crippen LogP contribution in [0.5, 0.6) is 0 Å². The van der Waals surface area contributed by atoms with Crippen LogP contribution in [0, 0.1) is 0 Å². The molecule has 0 rings (SSSR count). The molecule has 4 unspecified atom stereocenters. The monoisotopic (exact) mass is 806 g/mol. The van der Waals surface area contributed by atoms with E-state index in [1.54, 1.807) is 0 Å². The van der Waals surface area contributed by atoms with E-state index in [4.69, 9.17) is 0 Å². The van der Waals surface area contributed by atoms with Crippen molar-refractivity contribution in [3.05, 3.63) is 24.3 Å². The molecule has 57 heavy (non-hydrogen) atoms. The molecule has 0 aliphatic carbocycles. The van der Waals surface area contributed by atoms with Gasteiger partial charge in [-0.2, -0.15) is 0 Å². The average molecular weight is 806 g/mol. The molecule has 0 aliphatic heterocycles. The zero-order valence-corrected chi connectivity index (χ0v) is 38.1. The second-order valence-electron chi connectivity index (χ2n) is 17.5. The van der Waals surface area contributed by atoms with Crippen LogP contribution in [-0.2, 0) is 4.79 Å². The molecule has 1 amide bonds. The van der Waals surface area contributed by atoms with E-state index >= 15 is 0 Å². The van der Waals surface area contributed by atoms with Crippen molar-refractivity contribution < 1.29 is 25.2 Å². The maximum Gasteiger partial charge on any atom is 0.249 e. The molecule has 0 fully saturated rings. The van der Waals surface area contributed by atoms with E-state index in [1.807, 2.05) is 0 Å². The van der Waals surface area contributed by atoms with E-state index in [0.717, 1.165) is 38.5 Å². The Labute approximate surface area is 354 Å². The molecule has 0 aromatic heterocycles. The molecule has 0 heterocycles. The number of aliphatic hydroxyl groups is 4. The molecule has 338 valence electrons. The Kier molecular flexibility index (Phi) is 44.9. The number of allylic oxidation sites excluding steroid dienone is 4. The largest absolute Gasteiger partial charge is 0.394 e. The van der Waals surface area contributed by atoms with Crippen LogP contribution in [0.1, 0.15) is 264 Å². The van der Waals surface area contributed by atoms with Crippen LogP contribution in [0.4, 0.5) is 0 Å². The molecule has 0 bridgehead atoms. The van der Waals surface area contributed by atoms with Gasteiger partial charge >= 0.3 is 0 Å². The van der Waals surface area contributed by atoms with E-state index in [9.17, 15) is 25.2 Å². The lowest BCUT2D eigenvalue weighted by molar-refractivity contribution is -0.132. The molecular weight excluding hydrogens is 707 g/mol. The van der Waals surface area contributed by atoms with Crippen molar-refractivity contribution in [3.63, 3.8) is 0 Å². The smallest absolute Gasteiger partial charge is 0.249 e. The molecule has 0 saturated heterocycles. The van der Waals surface area contributed by atoms with Gasteiger partial charge in [0.1, 0.15) is 12.2 Å². The van der Waals surface area contributed by atoms with Gasteiger partial charge in [-0.15, -0.1) is 0 Å². The summed E-state index contributed by atoms with van der Waals surface area (Å²) in [6.07, 6.45) is 53.7. The summed E-state index contributed by atoms with van der Waals surface area (Å²) in [4.78, 5) is 12.5. The second-order valence-corrected chi connectivity index (χ2v) is 17.5. The van der Waals surface area contributed by atoms with Crippen molar-refractivity contribution in [1.82, 2.24) is 5.32 Å². The molecular formula is C51H99NO5. The van der Waals surface area contributed by atoms with Crippen molar-refractivity contribution >= 4 is 5.91 Å². The summed E-state index contributed by atoms with van der Waals surface area (Å²) in [5, 5.41) is 43.8. The fourth-order valence-corrected chi connectivity index (χ4v) is 7.87. The minimum atomic E-state index is -1.28. The summed E-state index contributed by atoms with van der Waals surface area (Å²) in [6, 6.07) is -1.00. The third-order valence-corrected chi connectivity index (χ3v) is 11.9. The van der Waals surface area contributed by atoms with E-state index in [-0.39, 0.29) is 0 Å². The first-order valence-electron chi connectivity index (χ1n) is 25.2. The Hall–Kier alpha value is -1.21. The first kappa shape index (κ1) is 55.8. The van der Waals surface area contributed by atoms with Crippen LogP contribution in [0.3, 0.4) is 0 Å². The Morgan fingerprint density at radius 3 is 1.05 bits per heavy atom. The van der Waals surface area contributed by atoms with Gasteiger partial charge in [0.15, 0.2) is 0 Å². The molecule has 0 spiro atoms. The summed E-state index contributed by atoms with van der Waals surface area (Å²) >= 11 is 0. The summed E-state index contributed by atoms with van der Waals surface area (Å²) in [5.74, 6) is -0.593. The molecule has 0 radical (unpaired) electrons. The van der Waals surface area contributed by atoms with Gasteiger partial charge in [0, 0.05) is 0 Å². The maximum atomic E-state index is 12.5. The average Bonchev–Trinajstić information content (AvgIpc) is 3.22. The summed E-state index contributed by atoms with van der Waals surface area (Å²) < 4.78 is 0. The van der Waals surface area contributed by atoms with Crippen LogP contribution in [0.2, 0.25) is 0 Å². The number of hydrogen-bond donors (Lipinski definition) is 5. The number of aliphatic hydroxyl groups excluding tert-OH is 4. The van der Waals surface area contributed by atoms with Gasteiger partial charge < -0.3 is 25.7 Å². The normalized spacial score (nSPS) is 14.1. The van der Waals surface area contributed by atoms with Crippen molar-refractivity contribution in [2.24, 2.45) is 0 Å². The van der Waals surface area contributed by atoms with E-state index < -0.39 is 36.9 Å². The highest BCUT2D eigenvalue weighted by atomic mass is 16.3. The first-order valence-corrected chi connectivity index (χ1v) is 25.2. The molecule has 6 nitrogen and oxygen atoms in total. The number of carbonyl (C=O) groups is 1. The predicted molar refractivity (Wildman–Crippen MR) is 247 cm³/mol. The van der Waals surface area contributed by atoms with Crippen LogP contribution < -0.4 is 5.32 Å². The number of hydrogen-bond acceptors (Lipinski definition) is 5. The third-order valence-electron chi connectivity index (χ3n) is 11.9. The molecule has 6 heteroatoms. The predicted octanol–water partition coefficient (Wildman–Crippen LogP) is 13.9. The van der Waals surface area contributed by atoms with Gasteiger partial charge in [-0.3, -0.25) is 4.79 Å². The zero-order chi connectivity index (χ0) is 41.7. The highest BCUT2D eigenvalue weighted by molar-refractivity contribution is 5.80. The number of nitrogens with one attached hydrogen (secondary N) is 1. The van der Waals surface area contributed by atoms with Gasteiger partial charge in [0.25, 0.3) is 0 Å². The van der Waals surface area contributed by atoms with E-state index in [2.05, 4.69) is 43.5 Å².